The number of hydrogen-bond acceptors (Lipinski definition) is 10. The molecule has 0 spiro atoms. The summed E-state index contributed by atoms with van der Waals surface area (Å²) in [6.45, 7) is 11.8. The zero-order chi connectivity index (χ0) is 27.3. The van der Waals surface area contributed by atoms with E-state index in [-0.39, 0.29) is 18.6 Å². The first kappa shape index (κ1) is 37.7. The fraction of sp³-hybridized carbons (Fsp3) is 0.852. The van der Waals surface area contributed by atoms with Crippen molar-refractivity contribution in [2.24, 2.45) is 0 Å². The molecule has 0 unspecified atom stereocenters. The van der Waals surface area contributed by atoms with Gasteiger partial charge in [-0.2, -0.15) is 0 Å². The normalized spacial score (nSPS) is 29.9. The molecule has 4 atom stereocenters. The van der Waals surface area contributed by atoms with Crippen LogP contribution in [0.4, 0.5) is 0 Å². The minimum Gasteiger partial charge on any atom is -0.389 e. The summed E-state index contributed by atoms with van der Waals surface area (Å²) >= 11 is 0. The molecule has 1 radical (unpaired) electrons. The summed E-state index contributed by atoms with van der Waals surface area (Å²) in [5.41, 5.74) is 0. The van der Waals surface area contributed by atoms with E-state index in [0.29, 0.717) is 26.2 Å². The Morgan fingerprint density at radius 1 is 0.553 bits per heavy atom. The summed E-state index contributed by atoms with van der Waals surface area (Å²) in [7, 11) is 6.16. The monoisotopic (exact) mass is 579 g/mol. The average Bonchev–Trinajstić information content (AvgIpc) is 3.70. The average molecular weight is 580 g/mol. The van der Waals surface area contributed by atoms with E-state index in [2.05, 4.69) is 64.1 Å². The molecule has 0 saturated carbocycles. The van der Waals surface area contributed by atoms with Crippen LogP contribution in [0, 0.1) is 0 Å². The molecule has 6 rings (SSSR count). The van der Waals surface area contributed by atoms with E-state index < -0.39 is 24.4 Å². The van der Waals surface area contributed by atoms with Crippen molar-refractivity contribution in [3.05, 3.63) is 24.3 Å². The van der Waals surface area contributed by atoms with Crippen LogP contribution in [0.3, 0.4) is 0 Å². The first-order chi connectivity index (χ1) is 17.8. The van der Waals surface area contributed by atoms with Crippen LogP contribution < -0.4 is 16.0 Å². The maximum atomic E-state index is 8.88. The van der Waals surface area contributed by atoms with Gasteiger partial charge >= 0.3 is 0 Å². The molecule has 0 aromatic heterocycles. The molecule has 0 aromatic carbocycles. The van der Waals surface area contributed by atoms with Gasteiger partial charge in [0, 0.05) is 70.9 Å². The predicted molar refractivity (Wildman–Crippen MR) is 152 cm³/mol. The van der Waals surface area contributed by atoms with Crippen LogP contribution in [-0.2, 0) is 18.6 Å². The largest absolute Gasteiger partial charge is 0.389 e. The standard InChI is InChI=1S/C5H11NO2.C5H11N.C5H9N.C4H9NO2.C4H9N.C4H7N.V/c1-6-2-4(7)5(8)3-6;2*1-6-4-2-3-5-6;6-3-1-5-2-4(3)7;2*1-2-4-5-3-1;/h4-5,7-8H,2-3H2,1H3;2-5H2,1H3;2-3H,4-5H2,1H3;3-7H,1-2H2;5H,1-4H2;1-2,5H,3-4H2;/t4-,5+;;;3-,4+;;;. The zero-order valence-electron chi connectivity index (χ0n) is 24.0. The van der Waals surface area contributed by atoms with Crippen molar-refractivity contribution in [3.8, 4) is 0 Å². The van der Waals surface area contributed by atoms with Crippen LogP contribution in [0.2, 0.25) is 0 Å². The van der Waals surface area contributed by atoms with Gasteiger partial charge in [0.1, 0.15) is 0 Å². The van der Waals surface area contributed by atoms with Crippen molar-refractivity contribution < 1.29 is 39.0 Å². The summed E-state index contributed by atoms with van der Waals surface area (Å²) in [6, 6.07) is 0. The summed E-state index contributed by atoms with van der Waals surface area (Å²) in [4.78, 5) is 6.51. The third-order valence-electron chi connectivity index (χ3n) is 6.57. The maximum absolute atomic E-state index is 8.88. The van der Waals surface area contributed by atoms with Crippen molar-refractivity contribution >= 4 is 0 Å². The number of likely N-dealkylation sites (tertiary alicyclic amines) is 2. The number of rotatable bonds is 0. The van der Waals surface area contributed by atoms with E-state index in [0.717, 1.165) is 26.2 Å². The van der Waals surface area contributed by atoms with Gasteiger partial charge in [-0.05, 0) is 73.0 Å². The van der Waals surface area contributed by atoms with Crippen LogP contribution in [0.1, 0.15) is 25.7 Å². The number of nitrogens with one attached hydrogen (secondary N) is 3. The van der Waals surface area contributed by atoms with E-state index in [9.17, 15) is 0 Å². The number of aliphatic hydroxyl groups is 4. The van der Waals surface area contributed by atoms with Crippen LogP contribution in [-0.4, -0.2) is 159 Å². The van der Waals surface area contributed by atoms with Gasteiger partial charge in [0.15, 0.2) is 0 Å². The minimum absolute atomic E-state index is 0. The molecule has 38 heavy (non-hydrogen) atoms. The third-order valence-corrected chi connectivity index (χ3v) is 6.57. The topological polar surface area (TPSA) is 127 Å². The molecule has 6 aliphatic heterocycles. The van der Waals surface area contributed by atoms with Gasteiger partial charge in [-0.25, -0.2) is 0 Å². The van der Waals surface area contributed by atoms with Crippen LogP contribution >= 0.6 is 0 Å². The molecular formula is C27H56N6O4V. The Bertz CT molecular complexity index is 554. The van der Waals surface area contributed by atoms with Gasteiger partial charge in [-0.1, -0.05) is 24.3 Å². The van der Waals surface area contributed by atoms with E-state index in [1.165, 1.54) is 51.9 Å². The van der Waals surface area contributed by atoms with Gasteiger partial charge in [0.05, 0.1) is 24.4 Å². The summed E-state index contributed by atoms with van der Waals surface area (Å²) in [5, 5.41) is 44.3. The Morgan fingerprint density at radius 3 is 1.18 bits per heavy atom. The quantitative estimate of drug-likeness (QED) is 0.174. The molecule has 0 amide bonds. The first-order valence-corrected chi connectivity index (χ1v) is 14.0. The Labute approximate surface area is 243 Å². The van der Waals surface area contributed by atoms with Gasteiger partial charge in [-0.3, -0.25) is 4.90 Å². The summed E-state index contributed by atoms with van der Waals surface area (Å²) in [5.74, 6) is 0. The van der Waals surface area contributed by atoms with Crippen molar-refractivity contribution in [3.63, 3.8) is 0 Å². The third kappa shape index (κ3) is 20.6. The molecule has 11 heteroatoms. The molecule has 223 valence electrons. The maximum Gasteiger partial charge on any atom is 0.0938 e. The van der Waals surface area contributed by atoms with Crippen LogP contribution in [0.5, 0.6) is 0 Å². The Hall–Kier alpha value is -0.336. The Balaban J connectivity index is 0.000000433. The zero-order valence-corrected chi connectivity index (χ0v) is 25.4. The van der Waals surface area contributed by atoms with Crippen LogP contribution in [0.25, 0.3) is 0 Å². The fourth-order valence-electron chi connectivity index (χ4n) is 4.11. The number of nitrogens with zero attached hydrogens (tertiary/aromatic N) is 3. The van der Waals surface area contributed by atoms with Crippen LogP contribution in [0.15, 0.2) is 24.3 Å². The van der Waals surface area contributed by atoms with Crippen molar-refractivity contribution in [1.29, 1.82) is 0 Å². The van der Waals surface area contributed by atoms with Gasteiger partial charge in [0.2, 0.25) is 0 Å². The second-order valence-electron chi connectivity index (χ2n) is 10.4. The van der Waals surface area contributed by atoms with E-state index in [1.54, 1.807) is 0 Å². The van der Waals surface area contributed by atoms with Gasteiger partial charge < -0.3 is 46.2 Å². The number of hydrogen-bond donors (Lipinski definition) is 7. The van der Waals surface area contributed by atoms with E-state index >= 15 is 0 Å². The van der Waals surface area contributed by atoms with E-state index in [1.807, 2.05) is 11.9 Å². The fourth-order valence-corrected chi connectivity index (χ4v) is 4.11. The second kappa shape index (κ2) is 24.5. The molecule has 4 fully saturated rings. The number of β-amino-alcohol motifs (C(OH)–C–C–N with tert-alkyl or cyclic N) is 4. The molecule has 7 N–H and O–H groups in total. The Kier molecular flexibility index (Phi) is 24.2. The summed E-state index contributed by atoms with van der Waals surface area (Å²) in [6.07, 6.45) is 12.1. The molecule has 10 nitrogen and oxygen atoms in total. The van der Waals surface area contributed by atoms with E-state index in [4.69, 9.17) is 20.4 Å². The molecule has 0 aliphatic carbocycles. The predicted octanol–water partition coefficient (Wildman–Crippen LogP) is -1.32. The second-order valence-corrected chi connectivity index (χ2v) is 10.4. The molecule has 0 aromatic rings. The summed E-state index contributed by atoms with van der Waals surface area (Å²) < 4.78 is 0. The van der Waals surface area contributed by atoms with Crippen molar-refractivity contribution in [2.75, 3.05) is 99.7 Å². The molecule has 6 aliphatic rings. The molecule has 0 bridgehead atoms. The number of aliphatic hydroxyl groups excluding tert-OH is 4. The van der Waals surface area contributed by atoms with Gasteiger partial charge in [-0.15, -0.1) is 0 Å². The first-order valence-electron chi connectivity index (χ1n) is 14.0. The molecular weight excluding hydrogens is 523 g/mol. The number of likely N-dealkylation sites (N-methyl/N-ethyl adjacent to an activating group) is 2. The van der Waals surface area contributed by atoms with Gasteiger partial charge in [0.25, 0.3) is 0 Å². The smallest absolute Gasteiger partial charge is 0.0938 e. The van der Waals surface area contributed by atoms with Crippen molar-refractivity contribution in [1.82, 2.24) is 30.7 Å². The van der Waals surface area contributed by atoms with Crippen molar-refractivity contribution in [2.45, 2.75) is 50.1 Å². The minimum atomic E-state index is -0.542. The SMILES string of the molecule is C1=CCNC1.C1CCNC1.CN1CC=CC1.CN1CCCC1.CN1C[C@@H](O)[C@@H](O)C1.O[C@@H]1CNC[C@@H]1O.[V]. The Morgan fingerprint density at radius 2 is 1.03 bits per heavy atom. The molecule has 6 heterocycles. The molecule has 4 saturated heterocycles.